The highest BCUT2D eigenvalue weighted by molar-refractivity contribution is 6.10. The molecular formula is C47H30N2O. The lowest BCUT2D eigenvalue weighted by atomic mass is 9.97. The standard InChI is InChI=1S/C47H30N2O/c1-2-8-37-29-38(22-19-31(37)7-1)34-13-15-35(16-14-34)39-25-28-45-42(30-39)41-9-3-5-11-44(41)49(45)40-26-23-33(24-27-40)32-17-20-36(21-18-32)47-48-43-10-4-6-12-46(43)50-47/h1-30H. The summed E-state index contributed by atoms with van der Waals surface area (Å²) in [5.41, 5.74) is 13.3. The molecular weight excluding hydrogens is 609 g/mol. The Hall–Kier alpha value is -6.71. The zero-order chi connectivity index (χ0) is 33.0. The lowest BCUT2D eigenvalue weighted by molar-refractivity contribution is 0.620. The SMILES string of the molecule is c1ccc2cc(-c3ccc(-c4ccc5c(c4)c4ccccc4n5-c4ccc(-c5ccc(-c6nc7ccccc7o6)cc5)cc4)cc3)ccc2c1. The van der Waals surface area contributed by atoms with Crippen molar-refractivity contribution in [3.05, 3.63) is 182 Å². The molecule has 0 unspecified atom stereocenters. The third-order valence-corrected chi connectivity index (χ3v) is 9.86. The minimum absolute atomic E-state index is 0.639. The number of fused-ring (bicyclic) bond motifs is 5. The van der Waals surface area contributed by atoms with E-state index >= 15 is 0 Å². The molecule has 234 valence electrons. The van der Waals surface area contributed by atoms with E-state index in [1.807, 2.05) is 24.3 Å². The van der Waals surface area contributed by atoms with Crippen LogP contribution < -0.4 is 0 Å². The average Bonchev–Trinajstić information content (AvgIpc) is 3.77. The van der Waals surface area contributed by atoms with Crippen LogP contribution in [0.2, 0.25) is 0 Å². The molecule has 2 aromatic heterocycles. The van der Waals surface area contributed by atoms with Gasteiger partial charge in [0.15, 0.2) is 5.58 Å². The maximum Gasteiger partial charge on any atom is 0.227 e. The summed E-state index contributed by atoms with van der Waals surface area (Å²) in [6.45, 7) is 0. The molecule has 0 aliphatic carbocycles. The average molecular weight is 639 g/mol. The largest absolute Gasteiger partial charge is 0.436 e. The zero-order valence-electron chi connectivity index (χ0n) is 27.1. The smallest absolute Gasteiger partial charge is 0.227 e. The van der Waals surface area contributed by atoms with E-state index in [0.29, 0.717) is 5.89 Å². The summed E-state index contributed by atoms with van der Waals surface area (Å²) in [7, 11) is 0. The van der Waals surface area contributed by atoms with Crippen molar-refractivity contribution in [3.8, 4) is 50.5 Å². The van der Waals surface area contributed by atoms with E-state index in [1.54, 1.807) is 0 Å². The molecule has 0 amide bonds. The molecule has 0 saturated carbocycles. The Bertz CT molecular complexity index is 2810. The van der Waals surface area contributed by atoms with Crippen LogP contribution >= 0.6 is 0 Å². The van der Waals surface area contributed by atoms with Gasteiger partial charge < -0.3 is 8.98 Å². The Morgan fingerprint density at radius 3 is 1.68 bits per heavy atom. The van der Waals surface area contributed by atoms with E-state index < -0.39 is 0 Å². The van der Waals surface area contributed by atoms with Gasteiger partial charge in [-0.2, -0.15) is 0 Å². The number of oxazole rings is 1. The summed E-state index contributed by atoms with van der Waals surface area (Å²) < 4.78 is 8.35. The molecule has 3 heteroatoms. The molecule has 50 heavy (non-hydrogen) atoms. The molecule has 0 fully saturated rings. The second kappa shape index (κ2) is 11.5. The minimum Gasteiger partial charge on any atom is -0.436 e. The van der Waals surface area contributed by atoms with Crippen LogP contribution in [0.4, 0.5) is 0 Å². The molecule has 0 atom stereocenters. The predicted molar refractivity (Wildman–Crippen MR) is 208 cm³/mol. The second-order valence-corrected chi connectivity index (χ2v) is 12.8. The van der Waals surface area contributed by atoms with Gasteiger partial charge in [0.1, 0.15) is 5.52 Å². The van der Waals surface area contributed by atoms with Crippen molar-refractivity contribution in [3.63, 3.8) is 0 Å². The third kappa shape index (κ3) is 4.79. The number of aromatic nitrogens is 2. The number of benzene rings is 8. The zero-order valence-corrected chi connectivity index (χ0v) is 27.1. The molecule has 0 N–H and O–H groups in total. The normalized spacial score (nSPS) is 11.6. The number of nitrogens with zero attached hydrogens (tertiary/aromatic N) is 2. The van der Waals surface area contributed by atoms with Crippen molar-refractivity contribution < 1.29 is 4.42 Å². The maximum atomic E-state index is 5.98. The molecule has 0 aliphatic rings. The minimum atomic E-state index is 0.639. The molecule has 3 nitrogen and oxygen atoms in total. The summed E-state index contributed by atoms with van der Waals surface area (Å²) in [6.07, 6.45) is 0. The number of hydrogen-bond acceptors (Lipinski definition) is 2. The molecule has 10 rings (SSSR count). The van der Waals surface area contributed by atoms with Crippen LogP contribution in [0, 0.1) is 0 Å². The summed E-state index contributed by atoms with van der Waals surface area (Å²) in [4.78, 5) is 4.65. The first kappa shape index (κ1) is 28.3. The van der Waals surface area contributed by atoms with Gasteiger partial charge in [0.2, 0.25) is 5.89 Å². The lowest BCUT2D eigenvalue weighted by Crippen LogP contribution is -1.93. The van der Waals surface area contributed by atoms with Crippen LogP contribution in [0.3, 0.4) is 0 Å². The highest BCUT2D eigenvalue weighted by Crippen LogP contribution is 2.36. The first-order chi connectivity index (χ1) is 24.7. The molecule has 0 bridgehead atoms. The fourth-order valence-corrected chi connectivity index (χ4v) is 7.26. The quantitative estimate of drug-likeness (QED) is 0.188. The van der Waals surface area contributed by atoms with E-state index in [2.05, 4.69) is 167 Å². The van der Waals surface area contributed by atoms with Crippen molar-refractivity contribution in [2.24, 2.45) is 0 Å². The van der Waals surface area contributed by atoms with E-state index in [4.69, 9.17) is 4.42 Å². The van der Waals surface area contributed by atoms with Crippen LogP contribution in [-0.2, 0) is 0 Å². The second-order valence-electron chi connectivity index (χ2n) is 12.8. The Balaban J connectivity index is 0.963. The van der Waals surface area contributed by atoms with Gasteiger partial charge >= 0.3 is 0 Å². The highest BCUT2D eigenvalue weighted by atomic mass is 16.3. The van der Waals surface area contributed by atoms with E-state index in [1.165, 1.54) is 54.8 Å². The number of hydrogen-bond donors (Lipinski definition) is 0. The molecule has 0 saturated heterocycles. The molecule has 0 aliphatic heterocycles. The van der Waals surface area contributed by atoms with Gasteiger partial charge in [0.05, 0.1) is 11.0 Å². The summed E-state index contributed by atoms with van der Waals surface area (Å²) in [5, 5.41) is 5.02. The lowest BCUT2D eigenvalue weighted by Gasteiger charge is -2.10. The van der Waals surface area contributed by atoms with E-state index in [0.717, 1.165) is 33.5 Å². The van der Waals surface area contributed by atoms with Crippen LogP contribution in [0.5, 0.6) is 0 Å². The summed E-state index contributed by atoms with van der Waals surface area (Å²) in [6, 6.07) is 64.8. The Kier molecular flexibility index (Phi) is 6.49. The van der Waals surface area contributed by atoms with Crippen molar-refractivity contribution in [2.45, 2.75) is 0 Å². The summed E-state index contributed by atoms with van der Waals surface area (Å²) in [5.74, 6) is 0.639. The van der Waals surface area contributed by atoms with E-state index in [-0.39, 0.29) is 0 Å². The fraction of sp³-hybridized carbons (Fsp3) is 0. The first-order valence-corrected chi connectivity index (χ1v) is 16.9. The summed E-state index contributed by atoms with van der Waals surface area (Å²) >= 11 is 0. The Labute approximate surface area is 289 Å². The number of rotatable bonds is 5. The van der Waals surface area contributed by atoms with Gasteiger partial charge in [-0.3, -0.25) is 0 Å². The maximum absolute atomic E-state index is 5.98. The van der Waals surface area contributed by atoms with Crippen LogP contribution in [-0.4, -0.2) is 9.55 Å². The van der Waals surface area contributed by atoms with Crippen LogP contribution in [0.15, 0.2) is 186 Å². The van der Waals surface area contributed by atoms with Crippen molar-refractivity contribution >= 4 is 43.7 Å². The van der Waals surface area contributed by atoms with Crippen LogP contribution in [0.1, 0.15) is 0 Å². The molecule has 0 radical (unpaired) electrons. The van der Waals surface area contributed by atoms with Gasteiger partial charge in [0.25, 0.3) is 0 Å². The first-order valence-electron chi connectivity index (χ1n) is 16.9. The predicted octanol–water partition coefficient (Wildman–Crippen LogP) is 12.7. The van der Waals surface area contributed by atoms with Crippen LogP contribution in [0.25, 0.3) is 94.2 Å². The Morgan fingerprint density at radius 1 is 0.380 bits per heavy atom. The van der Waals surface area contributed by atoms with Crippen molar-refractivity contribution in [1.29, 1.82) is 0 Å². The number of para-hydroxylation sites is 3. The van der Waals surface area contributed by atoms with Gasteiger partial charge in [-0.15, -0.1) is 0 Å². The third-order valence-electron chi connectivity index (χ3n) is 9.86. The van der Waals surface area contributed by atoms with Gasteiger partial charge in [-0.25, -0.2) is 4.98 Å². The molecule has 8 aromatic carbocycles. The van der Waals surface area contributed by atoms with E-state index in [9.17, 15) is 0 Å². The van der Waals surface area contributed by atoms with Gasteiger partial charge in [-0.1, -0.05) is 121 Å². The fourth-order valence-electron chi connectivity index (χ4n) is 7.26. The van der Waals surface area contributed by atoms with Gasteiger partial charge in [0, 0.05) is 22.0 Å². The van der Waals surface area contributed by atoms with Crippen molar-refractivity contribution in [2.75, 3.05) is 0 Å². The monoisotopic (exact) mass is 638 g/mol. The molecule has 0 spiro atoms. The Morgan fingerprint density at radius 2 is 0.920 bits per heavy atom. The topological polar surface area (TPSA) is 31.0 Å². The van der Waals surface area contributed by atoms with Crippen molar-refractivity contribution in [1.82, 2.24) is 9.55 Å². The molecule has 2 heterocycles. The highest BCUT2D eigenvalue weighted by Gasteiger charge is 2.14. The van der Waals surface area contributed by atoms with Gasteiger partial charge in [-0.05, 0) is 105 Å². The molecule has 10 aromatic rings.